The number of benzene rings is 1. The van der Waals surface area contributed by atoms with Gasteiger partial charge in [0.15, 0.2) is 11.6 Å². The molecule has 1 aromatic rings. The van der Waals surface area contributed by atoms with Crippen LogP contribution in [-0.4, -0.2) is 60.8 Å². The van der Waals surface area contributed by atoms with E-state index in [1.807, 2.05) is 0 Å². The van der Waals surface area contributed by atoms with Crippen molar-refractivity contribution in [2.45, 2.75) is 36.9 Å². The lowest BCUT2D eigenvalue weighted by Gasteiger charge is -2.26. The minimum absolute atomic E-state index is 0.209. The van der Waals surface area contributed by atoms with Gasteiger partial charge in [0.1, 0.15) is 5.82 Å². The molecule has 1 amide bonds. The molecule has 6 nitrogen and oxygen atoms in total. The molecule has 3 atom stereocenters. The maximum absolute atomic E-state index is 13.7. The minimum Gasteiger partial charge on any atom is -0.338 e. The first-order chi connectivity index (χ1) is 13.8. The normalized spacial score (nSPS) is 23.6. The summed E-state index contributed by atoms with van der Waals surface area (Å²) in [6.07, 6.45) is -0.473. The lowest BCUT2D eigenvalue weighted by atomic mass is 10.0. The Bertz CT molecular complexity index is 939. The molecule has 0 aliphatic carbocycles. The number of halogens is 6. The van der Waals surface area contributed by atoms with Crippen LogP contribution in [0.3, 0.4) is 0 Å². The molecule has 3 rings (SSSR count). The molecule has 0 saturated carbocycles. The van der Waals surface area contributed by atoms with E-state index >= 15 is 0 Å². The number of fused-ring (bicyclic) bond motifs is 1. The summed E-state index contributed by atoms with van der Waals surface area (Å²) in [6, 6.07) is -0.980. The average molecular weight is 458 g/mol. The zero-order valence-electron chi connectivity index (χ0n) is 15.4. The molecule has 1 N–H and O–H groups in total. The maximum atomic E-state index is 13.7. The average Bonchev–Trinajstić information content (AvgIpc) is 3.19. The Morgan fingerprint density at radius 3 is 2.40 bits per heavy atom. The molecule has 30 heavy (non-hydrogen) atoms. The number of hydrogen-bond donors (Lipinski definition) is 0. The first-order valence-electron chi connectivity index (χ1n) is 9.01. The van der Waals surface area contributed by atoms with Crippen molar-refractivity contribution in [3.05, 3.63) is 35.1 Å². The van der Waals surface area contributed by atoms with Crippen molar-refractivity contribution in [1.82, 2.24) is 14.9 Å². The number of carbonyl (C=O) groups excluding carboxylic acids is 1. The van der Waals surface area contributed by atoms with Gasteiger partial charge in [-0.25, -0.2) is 21.6 Å². The molecule has 167 valence electrons. The quantitative estimate of drug-likeness (QED) is 0.501. The van der Waals surface area contributed by atoms with Crippen LogP contribution in [0.15, 0.2) is 12.1 Å². The number of alkyl halides is 3. The fraction of sp³-hybridized carbons (Fsp3) is 0.588. The van der Waals surface area contributed by atoms with Gasteiger partial charge >= 0.3 is 15.5 Å². The molecule has 0 aromatic heterocycles. The van der Waals surface area contributed by atoms with Crippen LogP contribution in [0.5, 0.6) is 0 Å². The van der Waals surface area contributed by atoms with E-state index in [2.05, 4.69) is 0 Å². The van der Waals surface area contributed by atoms with Crippen molar-refractivity contribution in [3.8, 4) is 0 Å². The first-order valence-corrected chi connectivity index (χ1v) is 10.5. The van der Waals surface area contributed by atoms with Gasteiger partial charge in [0.2, 0.25) is 5.91 Å². The van der Waals surface area contributed by atoms with Gasteiger partial charge in [0.05, 0.1) is 0 Å². The summed E-state index contributed by atoms with van der Waals surface area (Å²) >= 11 is 0. The summed E-state index contributed by atoms with van der Waals surface area (Å²) in [5.41, 5.74) is 2.25. The molecule has 1 aromatic carbocycles. The van der Waals surface area contributed by atoms with Crippen molar-refractivity contribution in [3.63, 3.8) is 0 Å². The third-order valence-electron chi connectivity index (χ3n) is 5.44. The van der Waals surface area contributed by atoms with Gasteiger partial charge in [0.25, 0.3) is 0 Å². The van der Waals surface area contributed by atoms with Crippen LogP contribution in [0.4, 0.5) is 26.3 Å². The molecule has 2 aliphatic rings. The Labute approximate surface area is 168 Å². The van der Waals surface area contributed by atoms with E-state index in [1.165, 1.54) is 4.90 Å². The molecular formula is C17H18F6N3O3S. The smallest absolute Gasteiger partial charge is 0.338 e. The Morgan fingerprint density at radius 2 is 1.77 bits per heavy atom. The van der Waals surface area contributed by atoms with Crippen LogP contribution in [0, 0.1) is 23.4 Å². The van der Waals surface area contributed by atoms with E-state index in [9.17, 15) is 39.6 Å². The Morgan fingerprint density at radius 1 is 1.13 bits per heavy atom. The third kappa shape index (κ3) is 4.28. The van der Waals surface area contributed by atoms with Gasteiger partial charge in [-0.3, -0.25) is 10.5 Å². The topological polar surface area (TPSA) is 81.5 Å². The second-order valence-corrected chi connectivity index (χ2v) is 9.36. The predicted molar refractivity (Wildman–Crippen MR) is 91.7 cm³/mol. The monoisotopic (exact) mass is 458 g/mol. The molecule has 0 bridgehead atoms. The van der Waals surface area contributed by atoms with Crippen molar-refractivity contribution in [2.75, 3.05) is 19.6 Å². The van der Waals surface area contributed by atoms with Gasteiger partial charge in [-0.15, -0.1) is 0 Å². The molecule has 0 unspecified atom stereocenters. The molecule has 2 fully saturated rings. The van der Waals surface area contributed by atoms with Crippen LogP contribution >= 0.6 is 0 Å². The number of hydrogen-bond acceptors (Lipinski definition) is 3. The molecular weight excluding hydrogens is 440 g/mol. The highest BCUT2D eigenvalue weighted by Gasteiger charge is 2.55. The zero-order chi connectivity index (χ0) is 22.4. The number of nitrogens with one attached hydrogen (secondary N) is 1. The van der Waals surface area contributed by atoms with Crippen molar-refractivity contribution >= 4 is 15.9 Å². The Balaban J connectivity index is 1.63. The van der Waals surface area contributed by atoms with Gasteiger partial charge in [-0.1, -0.05) is 0 Å². The van der Waals surface area contributed by atoms with E-state index in [0.717, 1.165) is 0 Å². The summed E-state index contributed by atoms with van der Waals surface area (Å²) in [7, 11) is -5.49. The second kappa shape index (κ2) is 8.00. The summed E-state index contributed by atoms with van der Waals surface area (Å²) < 4.78 is 102. The number of amides is 1. The fourth-order valence-corrected chi connectivity index (χ4v) is 4.99. The fourth-order valence-electron chi connectivity index (χ4n) is 3.96. The van der Waals surface area contributed by atoms with Crippen LogP contribution in [0.1, 0.15) is 18.4 Å². The van der Waals surface area contributed by atoms with E-state index in [0.29, 0.717) is 22.9 Å². The lowest BCUT2D eigenvalue weighted by molar-refractivity contribution is -0.132. The Hall–Kier alpha value is -1.86. The Kier molecular flexibility index (Phi) is 6.09. The largest absolute Gasteiger partial charge is 0.511 e. The summed E-state index contributed by atoms with van der Waals surface area (Å²) in [5.74, 6) is -4.75. The number of carbonyl (C=O) groups is 1. The molecule has 13 heteroatoms. The van der Waals surface area contributed by atoms with E-state index in [1.54, 1.807) is 0 Å². The highest BCUT2D eigenvalue weighted by molar-refractivity contribution is 7.90. The van der Waals surface area contributed by atoms with Crippen LogP contribution in [0.2, 0.25) is 0 Å². The molecule has 2 saturated heterocycles. The van der Waals surface area contributed by atoms with E-state index in [4.69, 9.17) is 5.73 Å². The van der Waals surface area contributed by atoms with Crippen molar-refractivity contribution < 1.29 is 39.6 Å². The number of nitrogens with zero attached hydrogens (tertiary/aromatic N) is 2. The predicted octanol–water partition coefficient (Wildman–Crippen LogP) is 2.07. The van der Waals surface area contributed by atoms with Crippen molar-refractivity contribution in [1.29, 1.82) is 0 Å². The number of sulfonamides is 1. The van der Waals surface area contributed by atoms with Gasteiger partial charge in [-0.2, -0.15) is 17.5 Å². The first kappa shape index (κ1) is 22.8. The van der Waals surface area contributed by atoms with E-state index < -0.39 is 69.9 Å². The molecule has 2 heterocycles. The zero-order valence-corrected chi connectivity index (χ0v) is 16.2. The van der Waals surface area contributed by atoms with Gasteiger partial charge in [0, 0.05) is 44.2 Å². The number of rotatable bonds is 5. The molecule has 0 spiro atoms. The lowest BCUT2D eigenvalue weighted by Crippen LogP contribution is -2.44. The number of likely N-dealkylation sites (tertiary alicyclic amines) is 1. The maximum Gasteiger partial charge on any atom is 0.511 e. The van der Waals surface area contributed by atoms with E-state index in [-0.39, 0.29) is 25.1 Å². The standard InChI is InChI=1S/C17H18F6N3O3S/c18-12-6-14(20)13(19)4-10(12)3-11(24)5-16(27)26-2-1-9-7-25(8-15(9)26)30(28,29)17(21,22)23/h4,6,9,11,15,24H,1-3,5,7-8H2/t9-,11+,15+/m0/s1. The van der Waals surface area contributed by atoms with Crippen molar-refractivity contribution in [2.24, 2.45) is 5.92 Å². The third-order valence-corrected chi connectivity index (χ3v) is 7.01. The van der Waals surface area contributed by atoms with Crippen LogP contribution in [0.25, 0.3) is 0 Å². The highest BCUT2D eigenvalue weighted by Crippen LogP contribution is 2.37. The second-order valence-electron chi connectivity index (χ2n) is 7.43. The van der Waals surface area contributed by atoms with Gasteiger partial charge < -0.3 is 4.90 Å². The SMILES string of the molecule is [NH][C@@H](CC(=O)N1CC[C@H]2CN(S(=O)(=O)C(F)(F)F)C[C@H]21)Cc1cc(F)c(F)cc1F. The van der Waals surface area contributed by atoms with Gasteiger partial charge in [-0.05, 0) is 30.4 Å². The summed E-state index contributed by atoms with van der Waals surface area (Å²) in [6.45, 7) is -0.625. The van der Waals surface area contributed by atoms with Crippen LogP contribution < -0.4 is 5.73 Å². The molecule has 2 aliphatic heterocycles. The molecule has 1 radical (unpaired) electrons. The summed E-state index contributed by atoms with van der Waals surface area (Å²) in [5, 5.41) is 0. The summed E-state index contributed by atoms with van der Waals surface area (Å²) in [4.78, 5) is 13.8. The van der Waals surface area contributed by atoms with Crippen LogP contribution in [-0.2, 0) is 21.2 Å². The minimum atomic E-state index is -5.49. The highest BCUT2D eigenvalue weighted by atomic mass is 32.2.